The van der Waals surface area contributed by atoms with Crippen LogP contribution in [-0.4, -0.2) is 38.6 Å². The van der Waals surface area contributed by atoms with Crippen LogP contribution in [0.1, 0.15) is 35.5 Å². The average molecular weight is 392 g/mol. The Morgan fingerprint density at radius 2 is 1.69 bits per heavy atom. The molecule has 0 fully saturated rings. The summed E-state index contributed by atoms with van der Waals surface area (Å²) in [5, 5.41) is 15.6. The lowest BCUT2D eigenvalue weighted by atomic mass is 10.0. The number of carbonyl (C=O) groups excluding carboxylic acids is 1. The van der Waals surface area contributed by atoms with Gasteiger partial charge in [0.2, 0.25) is 0 Å². The Labute approximate surface area is 169 Å². The molecule has 7 nitrogen and oxygen atoms in total. The molecule has 0 atom stereocenters. The number of nitrogens with zero attached hydrogens (tertiary/aromatic N) is 4. The first-order chi connectivity index (χ1) is 13.8. The van der Waals surface area contributed by atoms with E-state index in [4.69, 9.17) is 0 Å². The Morgan fingerprint density at radius 1 is 1.03 bits per heavy atom. The van der Waals surface area contributed by atoms with Gasteiger partial charge in [0.1, 0.15) is 5.69 Å². The maximum Gasteiger partial charge on any atom is 0.272 e. The molecule has 0 bridgehead atoms. The second-order valence-corrected chi connectivity index (χ2v) is 6.88. The van der Waals surface area contributed by atoms with Gasteiger partial charge in [-0.25, -0.2) is 4.68 Å². The summed E-state index contributed by atoms with van der Waals surface area (Å²) in [7, 11) is 0. The van der Waals surface area contributed by atoms with Gasteiger partial charge in [0.15, 0.2) is 0 Å². The number of hydrogen-bond acceptors (Lipinski definition) is 4. The molecular formula is C22H24N4O3. The molecule has 1 amide bonds. The van der Waals surface area contributed by atoms with Gasteiger partial charge in [0.25, 0.3) is 11.6 Å². The zero-order chi connectivity index (χ0) is 21.1. The Balaban J connectivity index is 2.14. The number of nitro groups is 1. The summed E-state index contributed by atoms with van der Waals surface area (Å²) in [4.78, 5) is 25.3. The molecular weight excluding hydrogens is 368 g/mol. The highest BCUT2D eigenvalue weighted by Gasteiger charge is 2.21. The van der Waals surface area contributed by atoms with Crippen molar-refractivity contribution in [3.63, 3.8) is 0 Å². The zero-order valence-corrected chi connectivity index (χ0v) is 17.0. The predicted molar refractivity (Wildman–Crippen MR) is 112 cm³/mol. The van der Waals surface area contributed by atoms with Crippen LogP contribution >= 0.6 is 0 Å². The molecule has 3 rings (SSSR count). The summed E-state index contributed by atoms with van der Waals surface area (Å²) in [6.07, 6.45) is 0. The second-order valence-electron chi connectivity index (χ2n) is 6.88. The number of aromatic nitrogens is 2. The lowest BCUT2D eigenvalue weighted by molar-refractivity contribution is -0.384. The van der Waals surface area contributed by atoms with Crippen molar-refractivity contribution < 1.29 is 9.72 Å². The van der Waals surface area contributed by atoms with Crippen LogP contribution in [0, 0.1) is 24.0 Å². The number of amides is 1. The molecule has 0 aliphatic carbocycles. The molecule has 0 aliphatic rings. The van der Waals surface area contributed by atoms with Crippen LogP contribution in [0.15, 0.2) is 48.5 Å². The second kappa shape index (κ2) is 8.26. The maximum absolute atomic E-state index is 13.1. The van der Waals surface area contributed by atoms with Crippen molar-refractivity contribution in [2.45, 2.75) is 27.7 Å². The third-order valence-electron chi connectivity index (χ3n) is 5.09. The minimum absolute atomic E-state index is 0.00749. The lowest BCUT2D eigenvalue weighted by Gasteiger charge is -2.19. The van der Waals surface area contributed by atoms with Crippen LogP contribution in [0.3, 0.4) is 0 Å². The Bertz CT molecular complexity index is 1050. The third kappa shape index (κ3) is 4.03. The molecule has 0 saturated heterocycles. The largest absolute Gasteiger partial charge is 0.338 e. The van der Waals surface area contributed by atoms with Crippen LogP contribution in [0.4, 0.5) is 5.69 Å². The van der Waals surface area contributed by atoms with E-state index in [1.165, 1.54) is 17.7 Å². The van der Waals surface area contributed by atoms with Gasteiger partial charge in [-0.3, -0.25) is 14.9 Å². The number of rotatable bonds is 6. The first-order valence-corrected chi connectivity index (χ1v) is 9.57. The maximum atomic E-state index is 13.1. The van der Waals surface area contributed by atoms with Crippen LogP contribution in [0.2, 0.25) is 0 Å². The molecule has 0 N–H and O–H groups in total. The van der Waals surface area contributed by atoms with Gasteiger partial charge < -0.3 is 4.90 Å². The van der Waals surface area contributed by atoms with E-state index in [-0.39, 0.29) is 11.6 Å². The van der Waals surface area contributed by atoms with Gasteiger partial charge in [-0.1, -0.05) is 12.1 Å². The van der Waals surface area contributed by atoms with E-state index >= 15 is 0 Å². The Hall–Kier alpha value is -3.48. The zero-order valence-electron chi connectivity index (χ0n) is 17.0. The fourth-order valence-corrected chi connectivity index (χ4v) is 3.16. The lowest BCUT2D eigenvalue weighted by Crippen LogP contribution is -2.32. The molecule has 0 aliphatic heterocycles. The molecule has 7 heteroatoms. The molecule has 0 spiro atoms. The first kappa shape index (κ1) is 20.3. The van der Waals surface area contributed by atoms with Crippen molar-refractivity contribution in [2.24, 2.45) is 0 Å². The molecule has 1 aromatic heterocycles. The number of hydrogen-bond donors (Lipinski definition) is 0. The molecule has 150 valence electrons. The highest BCUT2D eigenvalue weighted by molar-refractivity contribution is 5.94. The average Bonchev–Trinajstić information content (AvgIpc) is 3.16. The van der Waals surface area contributed by atoms with Gasteiger partial charge in [-0.15, -0.1) is 0 Å². The van der Waals surface area contributed by atoms with Gasteiger partial charge >= 0.3 is 0 Å². The molecule has 2 aromatic carbocycles. The smallest absolute Gasteiger partial charge is 0.272 e. The topological polar surface area (TPSA) is 81.3 Å². The minimum atomic E-state index is -0.449. The summed E-state index contributed by atoms with van der Waals surface area (Å²) in [6.45, 7) is 9.11. The van der Waals surface area contributed by atoms with Crippen molar-refractivity contribution in [1.29, 1.82) is 0 Å². The highest BCUT2D eigenvalue weighted by atomic mass is 16.6. The van der Waals surface area contributed by atoms with Gasteiger partial charge in [-0.05, 0) is 63.1 Å². The van der Waals surface area contributed by atoms with Gasteiger partial charge in [0.05, 0.1) is 16.3 Å². The van der Waals surface area contributed by atoms with Crippen LogP contribution < -0.4 is 0 Å². The molecule has 0 unspecified atom stereocenters. The SMILES string of the molecule is CCN(CC)C(=O)c1cc(-c2ccc(C)c(C)c2)nn1-c1ccc([N+](=O)[O-])cc1. The fourth-order valence-electron chi connectivity index (χ4n) is 3.16. The van der Waals surface area contributed by atoms with Crippen molar-refractivity contribution in [2.75, 3.05) is 13.1 Å². The van der Waals surface area contributed by atoms with Crippen LogP contribution in [0.25, 0.3) is 16.9 Å². The molecule has 0 saturated carbocycles. The van der Waals surface area contributed by atoms with E-state index in [1.807, 2.05) is 45.9 Å². The molecule has 1 heterocycles. The number of benzene rings is 2. The van der Waals surface area contributed by atoms with Crippen molar-refractivity contribution in [1.82, 2.24) is 14.7 Å². The van der Waals surface area contributed by atoms with Crippen molar-refractivity contribution in [3.05, 3.63) is 75.5 Å². The summed E-state index contributed by atoms with van der Waals surface area (Å²) in [6, 6.07) is 13.9. The van der Waals surface area contributed by atoms with Gasteiger partial charge in [0, 0.05) is 30.8 Å². The summed E-state index contributed by atoms with van der Waals surface area (Å²) in [5.41, 5.74) is 4.94. The summed E-state index contributed by atoms with van der Waals surface area (Å²) in [5.74, 6) is -0.129. The monoisotopic (exact) mass is 392 g/mol. The fraction of sp³-hybridized carbons (Fsp3) is 0.273. The minimum Gasteiger partial charge on any atom is -0.338 e. The molecule has 3 aromatic rings. The quantitative estimate of drug-likeness (QED) is 0.455. The third-order valence-corrected chi connectivity index (χ3v) is 5.09. The molecule has 29 heavy (non-hydrogen) atoms. The number of carbonyl (C=O) groups is 1. The van der Waals surface area contributed by atoms with E-state index in [1.54, 1.807) is 27.8 Å². The van der Waals surface area contributed by atoms with E-state index in [2.05, 4.69) is 5.10 Å². The number of aryl methyl sites for hydroxylation is 2. The van der Waals surface area contributed by atoms with Crippen molar-refractivity contribution in [3.8, 4) is 16.9 Å². The van der Waals surface area contributed by atoms with E-state index in [9.17, 15) is 14.9 Å². The van der Waals surface area contributed by atoms with Crippen molar-refractivity contribution >= 4 is 11.6 Å². The first-order valence-electron chi connectivity index (χ1n) is 9.57. The predicted octanol–water partition coefficient (Wildman–Crippen LogP) is 4.55. The Kier molecular flexibility index (Phi) is 5.77. The van der Waals surface area contributed by atoms with E-state index in [0.29, 0.717) is 30.2 Å². The van der Waals surface area contributed by atoms with Crippen LogP contribution in [0.5, 0.6) is 0 Å². The Morgan fingerprint density at radius 3 is 2.24 bits per heavy atom. The number of nitro benzene ring substituents is 1. The molecule has 0 radical (unpaired) electrons. The van der Waals surface area contributed by atoms with Crippen LogP contribution in [-0.2, 0) is 0 Å². The number of non-ortho nitro benzene ring substituents is 1. The summed E-state index contributed by atoms with van der Waals surface area (Å²) < 4.78 is 1.56. The highest BCUT2D eigenvalue weighted by Crippen LogP contribution is 2.25. The van der Waals surface area contributed by atoms with E-state index < -0.39 is 4.92 Å². The summed E-state index contributed by atoms with van der Waals surface area (Å²) >= 11 is 0. The van der Waals surface area contributed by atoms with Gasteiger partial charge in [-0.2, -0.15) is 5.10 Å². The normalized spacial score (nSPS) is 10.8. The standard InChI is InChI=1S/C22H24N4O3/c1-5-24(6-2)22(27)21-14-20(17-8-7-15(3)16(4)13-17)23-25(21)18-9-11-19(12-10-18)26(28)29/h7-14H,5-6H2,1-4H3. The van der Waals surface area contributed by atoms with E-state index in [0.717, 1.165) is 11.1 Å².